The van der Waals surface area contributed by atoms with Crippen molar-refractivity contribution >= 4 is 17.8 Å². The molecule has 0 unspecified atom stereocenters. The van der Waals surface area contributed by atoms with Gasteiger partial charge in [-0.2, -0.15) is 0 Å². The number of anilines is 1. The molecule has 1 fully saturated rings. The summed E-state index contributed by atoms with van der Waals surface area (Å²) in [6, 6.07) is 11.5. The van der Waals surface area contributed by atoms with E-state index in [9.17, 15) is 9.59 Å². The van der Waals surface area contributed by atoms with Crippen LogP contribution in [0.1, 0.15) is 34.1 Å². The molecule has 0 aliphatic carbocycles. The molecular formula is C26H38N6O3. The fourth-order valence-electron chi connectivity index (χ4n) is 4.09. The van der Waals surface area contributed by atoms with Crippen molar-refractivity contribution in [1.29, 1.82) is 0 Å². The second-order valence-corrected chi connectivity index (χ2v) is 9.61. The van der Waals surface area contributed by atoms with Gasteiger partial charge in [-0.05, 0) is 50.5 Å². The topological polar surface area (TPSA) is 90.9 Å². The van der Waals surface area contributed by atoms with Crippen molar-refractivity contribution in [2.75, 3.05) is 51.3 Å². The monoisotopic (exact) mass is 482 g/mol. The van der Waals surface area contributed by atoms with Crippen molar-refractivity contribution in [3.63, 3.8) is 0 Å². The molecule has 1 aromatic heterocycles. The number of ether oxygens (including phenoxy) is 1. The zero-order chi connectivity index (χ0) is 25.4. The summed E-state index contributed by atoms with van der Waals surface area (Å²) < 4.78 is 5.30. The smallest absolute Gasteiger partial charge is 0.318 e. The Morgan fingerprint density at radius 3 is 2.51 bits per heavy atom. The van der Waals surface area contributed by atoms with Crippen LogP contribution in [0.4, 0.5) is 10.6 Å². The second-order valence-electron chi connectivity index (χ2n) is 9.61. The van der Waals surface area contributed by atoms with E-state index in [1.165, 1.54) is 0 Å². The fraction of sp³-hybridized carbons (Fsp3) is 0.538. The third-order valence-corrected chi connectivity index (χ3v) is 5.80. The second kappa shape index (κ2) is 12.4. The molecule has 2 heterocycles. The van der Waals surface area contributed by atoms with Gasteiger partial charge in [0, 0.05) is 44.3 Å². The van der Waals surface area contributed by atoms with E-state index in [-0.39, 0.29) is 30.4 Å². The number of carbonyl (C=O) groups is 2. The number of amides is 3. The molecule has 3 rings (SSSR count). The van der Waals surface area contributed by atoms with E-state index in [2.05, 4.69) is 20.4 Å². The molecule has 0 atom stereocenters. The average molecular weight is 483 g/mol. The van der Waals surface area contributed by atoms with E-state index in [1.807, 2.05) is 69.0 Å². The van der Waals surface area contributed by atoms with E-state index in [0.717, 1.165) is 35.8 Å². The number of nitrogens with one attached hydrogen (secondary N) is 1. The number of carbonyl (C=O) groups excluding carboxylic acids is 2. The highest BCUT2D eigenvalue weighted by Crippen LogP contribution is 2.23. The molecule has 9 nitrogen and oxygen atoms in total. The summed E-state index contributed by atoms with van der Waals surface area (Å²) in [5, 5.41) is 11.8. The molecule has 1 aliphatic heterocycles. The molecule has 0 bridgehead atoms. The third kappa shape index (κ3) is 7.56. The van der Waals surface area contributed by atoms with Crippen molar-refractivity contribution in [1.82, 2.24) is 25.3 Å². The number of benzene rings is 1. The first-order valence-electron chi connectivity index (χ1n) is 12.3. The van der Waals surface area contributed by atoms with Crippen molar-refractivity contribution in [2.45, 2.75) is 40.2 Å². The minimum atomic E-state index is -0.190. The molecule has 0 radical (unpaired) electrons. The number of rotatable bonds is 8. The predicted octanol–water partition coefficient (Wildman–Crippen LogP) is 3.27. The van der Waals surface area contributed by atoms with Crippen LogP contribution in [0.2, 0.25) is 0 Å². The van der Waals surface area contributed by atoms with Crippen LogP contribution >= 0.6 is 0 Å². The molecule has 1 saturated heterocycles. The summed E-state index contributed by atoms with van der Waals surface area (Å²) in [4.78, 5) is 31.3. The number of urea groups is 1. The Labute approximate surface area is 208 Å². The molecule has 1 aromatic carbocycles. The summed E-state index contributed by atoms with van der Waals surface area (Å²) in [7, 11) is 1.64. The highest BCUT2D eigenvalue weighted by Gasteiger charge is 2.25. The van der Waals surface area contributed by atoms with Gasteiger partial charge in [-0.3, -0.25) is 4.79 Å². The highest BCUT2D eigenvalue weighted by molar-refractivity contribution is 5.84. The van der Waals surface area contributed by atoms with Crippen LogP contribution in [-0.2, 0) is 4.79 Å². The lowest BCUT2D eigenvalue weighted by molar-refractivity contribution is -0.131. The van der Waals surface area contributed by atoms with Gasteiger partial charge in [0.25, 0.3) is 0 Å². The van der Waals surface area contributed by atoms with E-state index in [4.69, 9.17) is 4.74 Å². The molecule has 9 heteroatoms. The lowest BCUT2D eigenvalue weighted by Gasteiger charge is -2.29. The van der Waals surface area contributed by atoms with Crippen molar-refractivity contribution in [3.8, 4) is 17.0 Å². The molecule has 2 aromatic rings. The van der Waals surface area contributed by atoms with E-state index < -0.39 is 0 Å². The Balaban J connectivity index is 1.60. The van der Waals surface area contributed by atoms with Gasteiger partial charge in [-0.25, -0.2) is 4.79 Å². The summed E-state index contributed by atoms with van der Waals surface area (Å²) in [6.45, 7) is 11.3. The molecule has 190 valence electrons. The SMILES string of the molecule is COc1cccc(-c2ccc(N3CCCN(C(=O)CN(CC(C)C)C(=O)NC(C)C)CC3)nn2)c1. The Kier molecular flexibility index (Phi) is 9.28. The van der Waals surface area contributed by atoms with E-state index in [0.29, 0.717) is 26.2 Å². The number of nitrogens with zero attached hydrogens (tertiary/aromatic N) is 5. The van der Waals surface area contributed by atoms with Gasteiger partial charge in [-0.15, -0.1) is 10.2 Å². The number of methoxy groups -OCH3 is 1. The summed E-state index contributed by atoms with van der Waals surface area (Å²) in [5.41, 5.74) is 1.73. The van der Waals surface area contributed by atoms with Gasteiger partial charge < -0.3 is 24.8 Å². The van der Waals surface area contributed by atoms with Gasteiger partial charge >= 0.3 is 6.03 Å². The number of hydrogen-bond donors (Lipinski definition) is 1. The lowest BCUT2D eigenvalue weighted by atomic mass is 10.1. The van der Waals surface area contributed by atoms with Crippen LogP contribution in [-0.4, -0.2) is 84.4 Å². The Hall–Kier alpha value is -3.36. The largest absolute Gasteiger partial charge is 0.497 e. The fourth-order valence-corrected chi connectivity index (χ4v) is 4.09. The quantitative estimate of drug-likeness (QED) is 0.621. The third-order valence-electron chi connectivity index (χ3n) is 5.80. The van der Waals surface area contributed by atoms with Crippen molar-refractivity contribution in [3.05, 3.63) is 36.4 Å². The van der Waals surface area contributed by atoms with Crippen LogP contribution in [0.3, 0.4) is 0 Å². The Morgan fingerprint density at radius 1 is 1.06 bits per heavy atom. The van der Waals surface area contributed by atoms with Crippen LogP contribution in [0.15, 0.2) is 36.4 Å². The Morgan fingerprint density at radius 2 is 1.86 bits per heavy atom. The first-order valence-corrected chi connectivity index (χ1v) is 12.3. The normalized spacial score (nSPS) is 14.1. The molecule has 1 aliphatic rings. The van der Waals surface area contributed by atoms with Crippen LogP contribution in [0.25, 0.3) is 11.3 Å². The van der Waals surface area contributed by atoms with Crippen LogP contribution in [0.5, 0.6) is 5.75 Å². The summed E-state index contributed by atoms with van der Waals surface area (Å²) in [5.74, 6) is 1.83. The molecule has 0 spiro atoms. The molecule has 3 amide bonds. The van der Waals surface area contributed by atoms with Crippen molar-refractivity contribution in [2.24, 2.45) is 5.92 Å². The lowest BCUT2D eigenvalue weighted by Crippen LogP contribution is -2.49. The maximum Gasteiger partial charge on any atom is 0.318 e. The first-order chi connectivity index (χ1) is 16.8. The van der Waals surface area contributed by atoms with Gasteiger partial charge in [0.2, 0.25) is 5.91 Å². The Bertz CT molecular complexity index is 979. The van der Waals surface area contributed by atoms with Crippen molar-refractivity contribution < 1.29 is 14.3 Å². The number of aromatic nitrogens is 2. The minimum Gasteiger partial charge on any atom is -0.497 e. The van der Waals surface area contributed by atoms with Gasteiger partial charge in [0.05, 0.1) is 12.8 Å². The average Bonchev–Trinajstić information content (AvgIpc) is 3.09. The zero-order valence-electron chi connectivity index (χ0n) is 21.5. The predicted molar refractivity (Wildman–Crippen MR) is 138 cm³/mol. The van der Waals surface area contributed by atoms with E-state index >= 15 is 0 Å². The minimum absolute atomic E-state index is 0.0223. The molecule has 35 heavy (non-hydrogen) atoms. The summed E-state index contributed by atoms with van der Waals surface area (Å²) in [6.07, 6.45) is 0.827. The highest BCUT2D eigenvalue weighted by atomic mass is 16.5. The molecular weight excluding hydrogens is 444 g/mol. The van der Waals surface area contributed by atoms with Crippen LogP contribution < -0.4 is 15.0 Å². The van der Waals surface area contributed by atoms with E-state index in [1.54, 1.807) is 12.0 Å². The standard InChI is InChI=1S/C26H38N6O3/c1-19(2)17-32(26(34)27-20(3)4)18-25(33)31-13-7-12-30(14-15-31)24-11-10-23(28-29-24)21-8-6-9-22(16-21)35-5/h6,8-11,16,19-20H,7,12-15,17-18H2,1-5H3,(H,27,34). The maximum absolute atomic E-state index is 13.1. The molecule has 1 N–H and O–H groups in total. The number of hydrogen-bond acceptors (Lipinski definition) is 6. The summed E-state index contributed by atoms with van der Waals surface area (Å²) >= 11 is 0. The van der Waals surface area contributed by atoms with Gasteiger partial charge in [-0.1, -0.05) is 26.0 Å². The zero-order valence-corrected chi connectivity index (χ0v) is 21.5. The first kappa shape index (κ1) is 26.2. The maximum atomic E-state index is 13.1. The molecule has 0 saturated carbocycles. The van der Waals surface area contributed by atoms with Gasteiger partial charge in [0.1, 0.15) is 12.3 Å². The van der Waals surface area contributed by atoms with Gasteiger partial charge in [0.15, 0.2) is 5.82 Å². The van der Waals surface area contributed by atoms with Crippen LogP contribution in [0, 0.1) is 5.92 Å².